The quantitative estimate of drug-likeness (QED) is 0.715. The number of benzene rings is 1. The van der Waals surface area contributed by atoms with Crippen LogP contribution in [0.3, 0.4) is 0 Å². The number of aromatic nitrogens is 2. The van der Waals surface area contributed by atoms with Gasteiger partial charge in [0.15, 0.2) is 11.5 Å². The average molecular weight is 374 g/mol. The van der Waals surface area contributed by atoms with E-state index in [2.05, 4.69) is 21.0 Å². The first-order valence-electron chi connectivity index (χ1n) is 6.66. The summed E-state index contributed by atoms with van der Waals surface area (Å²) in [4.78, 5) is 0. The van der Waals surface area contributed by atoms with Crippen molar-refractivity contribution in [3.63, 3.8) is 0 Å². The molecule has 0 amide bonds. The van der Waals surface area contributed by atoms with Gasteiger partial charge in [-0.25, -0.2) is 0 Å². The molecular weight excluding hydrogens is 356 g/mol. The van der Waals surface area contributed by atoms with Gasteiger partial charge in [-0.1, -0.05) is 40.5 Å². The van der Waals surface area contributed by atoms with Gasteiger partial charge in [-0.05, 0) is 24.1 Å². The van der Waals surface area contributed by atoms with Gasteiger partial charge >= 0.3 is 0 Å². The highest BCUT2D eigenvalue weighted by atomic mass is 79.9. The molecule has 0 saturated carbocycles. The molecule has 0 unspecified atom stereocenters. The second kappa shape index (κ2) is 7.18. The van der Waals surface area contributed by atoms with Crippen molar-refractivity contribution in [1.29, 1.82) is 0 Å². The number of rotatable bonds is 6. The van der Waals surface area contributed by atoms with Gasteiger partial charge in [0, 0.05) is 12.4 Å². The van der Waals surface area contributed by atoms with E-state index in [4.69, 9.17) is 21.1 Å². The van der Waals surface area contributed by atoms with E-state index in [1.807, 2.05) is 32.2 Å². The average Bonchev–Trinajstić information content (AvgIpc) is 2.79. The lowest BCUT2D eigenvalue weighted by Gasteiger charge is -2.12. The van der Waals surface area contributed by atoms with Gasteiger partial charge in [-0.3, -0.25) is 4.68 Å². The molecule has 1 heterocycles. The standard InChI is InChI=1S/C15H18BrClN2O2/c1-4-11-15(17)12(19(2)18-11)9-21-14-7-10(8-16)5-6-13(14)20-3/h5-7H,4,8-9H2,1-3H3. The zero-order valence-corrected chi connectivity index (χ0v) is 14.7. The van der Waals surface area contributed by atoms with Gasteiger partial charge in [0.05, 0.1) is 23.5 Å². The SMILES string of the molecule is CCc1nn(C)c(COc2cc(CBr)ccc2OC)c1Cl. The number of nitrogens with zero attached hydrogens (tertiary/aromatic N) is 2. The van der Waals surface area contributed by atoms with Crippen molar-refractivity contribution in [3.05, 3.63) is 40.2 Å². The lowest BCUT2D eigenvalue weighted by Crippen LogP contribution is -2.04. The molecule has 0 atom stereocenters. The molecule has 0 radical (unpaired) electrons. The molecule has 0 N–H and O–H groups in total. The molecule has 2 aromatic rings. The maximum Gasteiger partial charge on any atom is 0.162 e. The summed E-state index contributed by atoms with van der Waals surface area (Å²) in [5.41, 5.74) is 2.87. The first-order chi connectivity index (χ1) is 10.1. The molecule has 1 aromatic carbocycles. The van der Waals surface area contributed by atoms with Crippen molar-refractivity contribution in [2.45, 2.75) is 25.3 Å². The van der Waals surface area contributed by atoms with Crippen molar-refractivity contribution >= 4 is 27.5 Å². The smallest absolute Gasteiger partial charge is 0.162 e. The summed E-state index contributed by atoms with van der Waals surface area (Å²) < 4.78 is 13.0. The molecule has 4 nitrogen and oxygen atoms in total. The Labute approximate surface area is 138 Å². The fraction of sp³-hybridized carbons (Fsp3) is 0.400. The molecule has 114 valence electrons. The molecule has 0 aliphatic heterocycles. The molecule has 0 bridgehead atoms. The molecule has 0 saturated heterocycles. The maximum absolute atomic E-state index is 6.33. The number of halogens is 2. The Morgan fingerprint density at radius 1 is 1.33 bits per heavy atom. The second-order valence-corrected chi connectivity index (χ2v) is 5.53. The first-order valence-corrected chi connectivity index (χ1v) is 8.16. The fourth-order valence-electron chi connectivity index (χ4n) is 2.04. The third kappa shape index (κ3) is 3.52. The van der Waals surface area contributed by atoms with Gasteiger partial charge in [-0.2, -0.15) is 5.10 Å². The Morgan fingerprint density at radius 2 is 2.10 bits per heavy atom. The fourth-order valence-corrected chi connectivity index (χ4v) is 2.74. The number of methoxy groups -OCH3 is 1. The summed E-state index contributed by atoms with van der Waals surface area (Å²) in [6.45, 7) is 2.38. The Morgan fingerprint density at radius 3 is 2.67 bits per heavy atom. The zero-order chi connectivity index (χ0) is 15.4. The Bertz CT molecular complexity index is 628. The van der Waals surface area contributed by atoms with Crippen molar-refractivity contribution in [1.82, 2.24) is 9.78 Å². The van der Waals surface area contributed by atoms with Crippen LogP contribution in [-0.4, -0.2) is 16.9 Å². The normalized spacial score (nSPS) is 10.7. The summed E-state index contributed by atoms with van der Waals surface area (Å²) in [6.07, 6.45) is 0.801. The van der Waals surface area contributed by atoms with Crippen molar-refractivity contribution in [2.75, 3.05) is 7.11 Å². The first kappa shape index (κ1) is 16.2. The zero-order valence-electron chi connectivity index (χ0n) is 12.3. The van der Waals surface area contributed by atoms with Crippen LogP contribution in [-0.2, 0) is 25.4 Å². The van der Waals surface area contributed by atoms with Gasteiger partial charge in [-0.15, -0.1) is 0 Å². The molecule has 0 fully saturated rings. The number of hydrogen-bond acceptors (Lipinski definition) is 3. The molecule has 2 rings (SSSR count). The predicted octanol–water partition coefficient (Wildman–Crippen LogP) is 4.12. The van der Waals surface area contributed by atoms with E-state index in [0.717, 1.165) is 28.7 Å². The summed E-state index contributed by atoms with van der Waals surface area (Å²) in [5.74, 6) is 1.40. The minimum Gasteiger partial charge on any atom is -0.493 e. The van der Waals surface area contributed by atoms with Crippen LogP contribution in [0.1, 0.15) is 23.9 Å². The summed E-state index contributed by atoms with van der Waals surface area (Å²) >= 11 is 9.76. The molecule has 6 heteroatoms. The molecule has 0 aliphatic carbocycles. The van der Waals surface area contributed by atoms with E-state index in [1.54, 1.807) is 11.8 Å². The third-order valence-corrected chi connectivity index (χ3v) is 4.33. The van der Waals surface area contributed by atoms with Gasteiger partial charge < -0.3 is 9.47 Å². The van der Waals surface area contributed by atoms with Crippen molar-refractivity contribution < 1.29 is 9.47 Å². The Kier molecular flexibility index (Phi) is 5.53. The van der Waals surface area contributed by atoms with Crippen LogP contribution in [0.25, 0.3) is 0 Å². The van der Waals surface area contributed by atoms with Crippen LogP contribution >= 0.6 is 27.5 Å². The highest BCUT2D eigenvalue weighted by Crippen LogP contribution is 2.30. The topological polar surface area (TPSA) is 36.3 Å². The summed E-state index contributed by atoms with van der Waals surface area (Å²) in [7, 11) is 3.50. The van der Waals surface area contributed by atoms with E-state index in [1.165, 1.54) is 0 Å². The third-order valence-electron chi connectivity index (χ3n) is 3.25. The Balaban J connectivity index is 2.21. The summed E-state index contributed by atoms with van der Waals surface area (Å²) in [5, 5.41) is 5.82. The molecule has 0 spiro atoms. The van der Waals surface area contributed by atoms with Crippen LogP contribution in [0.5, 0.6) is 11.5 Å². The largest absolute Gasteiger partial charge is 0.493 e. The van der Waals surface area contributed by atoms with Gasteiger partial charge in [0.1, 0.15) is 6.61 Å². The van der Waals surface area contributed by atoms with Crippen LogP contribution in [0.2, 0.25) is 5.02 Å². The van der Waals surface area contributed by atoms with Gasteiger partial charge in [0.25, 0.3) is 0 Å². The minimum absolute atomic E-state index is 0.352. The van der Waals surface area contributed by atoms with Crippen LogP contribution in [0, 0.1) is 0 Å². The number of hydrogen-bond donors (Lipinski definition) is 0. The molecule has 0 aliphatic rings. The monoisotopic (exact) mass is 372 g/mol. The van der Waals surface area contributed by atoms with E-state index in [0.29, 0.717) is 23.1 Å². The van der Waals surface area contributed by atoms with E-state index in [9.17, 15) is 0 Å². The molecule has 1 aromatic heterocycles. The minimum atomic E-state index is 0.352. The Hall–Kier alpha value is -1.20. The lowest BCUT2D eigenvalue weighted by molar-refractivity contribution is 0.275. The van der Waals surface area contributed by atoms with Crippen molar-refractivity contribution in [2.24, 2.45) is 7.05 Å². The summed E-state index contributed by atoms with van der Waals surface area (Å²) in [6, 6.07) is 5.85. The molecular formula is C15H18BrClN2O2. The van der Waals surface area contributed by atoms with E-state index >= 15 is 0 Å². The maximum atomic E-state index is 6.33. The lowest BCUT2D eigenvalue weighted by atomic mass is 10.2. The number of ether oxygens (including phenoxy) is 2. The van der Waals surface area contributed by atoms with Crippen LogP contribution in [0.15, 0.2) is 18.2 Å². The molecule has 21 heavy (non-hydrogen) atoms. The van der Waals surface area contributed by atoms with E-state index in [-0.39, 0.29) is 0 Å². The van der Waals surface area contributed by atoms with Crippen molar-refractivity contribution in [3.8, 4) is 11.5 Å². The van der Waals surface area contributed by atoms with Gasteiger partial charge in [0.2, 0.25) is 0 Å². The van der Waals surface area contributed by atoms with E-state index < -0.39 is 0 Å². The van der Waals surface area contributed by atoms with Crippen LogP contribution in [0.4, 0.5) is 0 Å². The highest BCUT2D eigenvalue weighted by molar-refractivity contribution is 9.08. The predicted molar refractivity (Wildman–Crippen MR) is 87.6 cm³/mol. The highest BCUT2D eigenvalue weighted by Gasteiger charge is 2.14. The van der Waals surface area contributed by atoms with Crippen LogP contribution < -0.4 is 9.47 Å². The second-order valence-electron chi connectivity index (χ2n) is 4.59. The number of alkyl halides is 1. The number of aryl methyl sites for hydroxylation is 2.